The van der Waals surface area contributed by atoms with Crippen molar-refractivity contribution in [1.29, 1.82) is 0 Å². The number of hydrogen-bond acceptors (Lipinski definition) is 7. The molecular formula is C11H14O9. The molecule has 9 nitrogen and oxygen atoms in total. The summed E-state index contributed by atoms with van der Waals surface area (Å²) < 4.78 is 16.5. The van der Waals surface area contributed by atoms with Crippen LogP contribution in [0, 0.1) is 0 Å². The van der Waals surface area contributed by atoms with Crippen molar-refractivity contribution in [3.63, 3.8) is 0 Å². The highest BCUT2D eigenvalue weighted by atomic mass is 16.7. The summed E-state index contributed by atoms with van der Waals surface area (Å²) in [6.45, 7) is 12.5. The number of carbonyl (C=O) groups excluding carboxylic acids is 2. The second-order valence-corrected chi connectivity index (χ2v) is 1.92. The van der Waals surface area contributed by atoms with Crippen molar-refractivity contribution in [2.45, 2.75) is 0 Å². The Balaban J connectivity index is -0.000000230. The normalized spacial score (nSPS) is 6.80. The summed E-state index contributed by atoms with van der Waals surface area (Å²) in [4.78, 5) is 28.7. The third-order valence-corrected chi connectivity index (χ3v) is 0.718. The average molecular weight is 290 g/mol. The monoisotopic (exact) mass is 290 g/mol. The third kappa shape index (κ3) is 36.4. The average Bonchev–Trinajstić information content (AvgIpc) is 2.30. The minimum atomic E-state index is -1.83. The van der Waals surface area contributed by atoms with Crippen molar-refractivity contribution in [3.05, 3.63) is 51.4 Å². The van der Waals surface area contributed by atoms with Crippen LogP contribution in [0.25, 0.3) is 0 Å². The molecule has 112 valence electrons. The zero-order chi connectivity index (χ0) is 16.4. The molecule has 0 aromatic rings. The standard InChI is InChI=1S/2C5H6O3.CH2O3/c2*1-3-7-5(6)8-4-2;2-1(3)4/h2*3-4H,1-2H2;(H2,2,3,4). The highest BCUT2D eigenvalue weighted by Gasteiger charge is 1.94. The van der Waals surface area contributed by atoms with Crippen LogP contribution in [0.5, 0.6) is 0 Å². The molecule has 2 N–H and O–H groups in total. The molecule has 0 atom stereocenters. The van der Waals surface area contributed by atoms with Crippen molar-refractivity contribution in [3.8, 4) is 0 Å². The van der Waals surface area contributed by atoms with E-state index in [1.54, 1.807) is 0 Å². The van der Waals surface area contributed by atoms with E-state index in [-0.39, 0.29) is 0 Å². The molecule has 0 fully saturated rings. The number of hydrogen-bond donors (Lipinski definition) is 2. The maximum Gasteiger partial charge on any atom is 0.518 e. The van der Waals surface area contributed by atoms with Gasteiger partial charge in [0, 0.05) is 0 Å². The summed E-state index contributed by atoms with van der Waals surface area (Å²) in [6, 6.07) is 0. The van der Waals surface area contributed by atoms with Crippen LogP contribution >= 0.6 is 0 Å². The molecule has 0 radical (unpaired) electrons. The first-order valence-electron chi connectivity index (χ1n) is 4.45. The molecule has 0 aromatic heterocycles. The Morgan fingerprint density at radius 1 is 0.650 bits per heavy atom. The van der Waals surface area contributed by atoms with E-state index in [1.165, 1.54) is 0 Å². The molecule has 0 bridgehead atoms. The maximum atomic E-state index is 10.1. The highest BCUT2D eigenvalue weighted by Crippen LogP contribution is 1.83. The van der Waals surface area contributed by atoms with E-state index in [1.807, 2.05) is 0 Å². The molecule has 0 aliphatic rings. The predicted octanol–water partition coefficient (Wildman–Crippen LogP) is 3.08. The molecule has 0 aromatic carbocycles. The number of carboxylic acid groups (broad SMARTS) is 2. The van der Waals surface area contributed by atoms with Gasteiger partial charge in [-0.3, -0.25) is 0 Å². The summed E-state index contributed by atoms with van der Waals surface area (Å²) in [5.41, 5.74) is 0. The van der Waals surface area contributed by atoms with E-state index < -0.39 is 18.5 Å². The molecule has 0 saturated carbocycles. The Morgan fingerprint density at radius 2 is 0.800 bits per heavy atom. The molecule has 0 aliphatic carbocycles. The van der Waals surface area contributed by atoms with Gasteiger partial charge in [-0.1, -0.05) is 26.3 Å². The largest absolute Gasteiger partial charge is 0.518 e. The van der Waals surface area contributed by atoms with Crippen LogP contribution in [0.2, 0.25) is 0 Å². The SMILES string of the molecule is C=COC(=O)OC=C.C=COC(=O)OC=C.O=C(O)O. The van der Waals surface area contributed by atoms with Crippen LogP contribution in [0.4, 0.5) is 14.4 Å². The maximum absolute atomic E-state index is 10.1. The van der Waals surface area contributed by atoms with E-state index in [0.717, 1.165) is 25.0 Å². The molecule has 0 amide bonds. The van der Waals surface area contributed by atoms with E-state index in [4.69, 9.17) is 15.0 Å². The fourth-order valence-electron chi connectivity index (χ4n) is 0.328. The van der Waals surface area contributed by atoms with Crippen LogP contribution in [0.1, 0.15) is 0 Å². The molecule has 0 saturated heterocycles. The van der Waals surface area contributed by atoms with Gasteiger partial charge in [0.1, 0.15) is 0 Å². The Labute approximate surface area is 114 Å². The summed E-state index contributed by atoms with van der Waals surface area (Å²) in [6.07, 6.45) is 0.431. The summed E-state index contributed by atoms with van der Waals surface area (Å²) in [5.74, 6) is 0. The van der Waals surface area contributed by atoms with Crippen LogP contribution in [0.15, 0.2) is 51.4 Å². The number of carbonyl (C=O) groups is 3. The van der Waals surface area contributed by atoms with Crippen molar-refractivity contribution in [2.24, 2.45) is 0 Å². The van der Waals surface area contributed by atoms with Crippen LogP contribution in [0.3, 0.4) is 0 Å². The van der Waals surface area contributed by atoms with E-state index in [9.17, 15) is 9.59 Å². The van der Waals surface area contributed by atoms with Gasteiger partial charge in [-0.15, -0.1) is 0 Å². The van der Waals surface area contributed by atoms with Crippen LogP contribution in [-0.4, -0.2) is 28.7 Å². The molecule has 0 spiro atoms. The van der Waals surface area contributed by atoms with Gasteiger partial charge in [0.15, 0.2) is 0 Å². The molecule has 20 heavy (non-hydrogen) atoms. The van der Waals surface area contributed by atoms with Gasteiger partial charge in [0.05, 0.1) is 25.0 Å². The quantitative estimate of drug-likeness (QED) is 0.592. The van der Waals surface area contributed by atoms with Gasteiger partial charge in [-0.2, -0.15) is 0 Å². The van der Waals surface area contributed by atoms with Gasteiger partial charge in [-0.25, -0.2) is 14.4 Å². The first-order chi connectivity index (χ1) is 9.35. The Hall–Kier alpha value is -3.23. The third-order valence-electron chi connectivity index (χ3n) is 0.718. The van der Waals surface area contributed by atoms with E-state index in [0.29, 0.717) is 0 Å². The fourth-order valence-corrected chi connectivity index (χ4v) is 0.328. The van der Waals surface area contributed by atoms with E-state index in [2.05, 4.69) is 45.3 Å². The predicted molar refractivity (Wildman–Crippen MR) is 66.6 cm³/mol. The summed E-state index contributed by atoms with van der Waals surface area (Å²) in [7, 11) is 0. The van der Waals surface area contributed by atoms with Gasteiger partial charge < -0.3 is 29.2 Å². The number of ether oxygens (including phenoxy) is 4. The van der Waals surface area contributed by atoms with Crippen molar-refractivity contribution < 1.29 is 43.5 Å². The lowest BCUT2D eigenvalue weighted by atomic mass is 11.1. The second-order valence-electron chi connectivity index (χ2n) is 1.92. The second kappa shape index (κ2) is 18.1. The van der Waals surface area contributed by atoms with Gasteiger partial charge >= 0.3 is 18.5 Å². The Morgan fingerprint density at radius 3 is 0.900 bits per heavy atom. The molecule has 0 rings (SSSR count). The summed E-state index contributed by atoms with van der Waals surface area (Å²) >= 11 is 0. The topological polar surface area (TPSA) is 129 Å². The highest BCUT2D eigenvalue weighted by molar-refractivity contribution is 5.61. The molecular weight excluding hydrogens is 276 g/mol. The van der Waals surface area contributed by atoms with Crippen LogP contribution < -0.4 is 0 Å². The van der Waals surface area contributed by atoms with Crippen molar-refractivity contribution in [1.82, 2.24) is 0 Å². The Kier molecular flexibility index (Phi) is 20.0. The molecule has 9 heteroatoms. The molecule has 0 aliphatic heterocycles. The lowest BCUT2D eigenvalue weighted by molar-refractivity contribution is 0.119. The minimum absolute atomic E-state index is 0.824. The number of rotatable bonds is 4. The molecule has 0 heterocycles. The summed E-state index contributed by atoms with van der Waals surface area (Å²) in [5, 5.41) is 13.9. The van der Waals surface area contributed by atoms with Crippen molar-refractivity contribution >= 4 is 18.5 Å². The van der Waals surface area contributed by atoms with E-state index >= 15 is 0 Å². The first kappa shape index (κ1) is 22.0. The van der Waals surface area contributed by atoms with Gasteiger partial charge in [-0.05, 0) is 0 Å². The van der Waals surface area contributed by atoms with Gasteiger partial charge in [0.2, 0.25) is 0 Å². The fraction of sp³-hybridized carbons (Fsp3) is 0. The van der Waals surface area contributed by atoms with Crippen LogP contribution in [-0.2, 0) is 18.9 Å². The lowest BCUT2D eigenvalue weighted by Crippen LogP contribution is -1.96. The lowest BCUT2D eigenvalue weighted by Gasteiger charge is -1.91. The minimum Gasteiger partial charge on any atom is -0.450 e. The Bertz CT molecular complexity index is 290. The zero-order valence-electron chi connectivity index (χ0n) is 10.4. The molecule has 0 unspecified atom stereocenters. The zero-order valence-corrected chi connectivity index (χ0v) is 10.4. The smallest absolute Gasteiger partial charge is 0.450 e. The van der Waals surface area contributed by atoms with Gasteiger partial charge in [0.25, 0.3) is 0 Å². The van der Waals surface area contributed by atoms with Crippen molar-refractivity contribution in [2.75, 3.05) is 0 Å². The first-order valence-corrected chi connectivity index (χ1v) is 4.45.